The van der Waals surface area contributed by atoms with Gasteiger partial charge in [0, 0.05) is 6.07 Å². The highest BCUT2D eigenvalue weighted by atomic mass is 35.5. The summed E-state index contributed by atoms with van der Waals surface area (Å²) in [7, 11) is 0. The van der Waals surface area contributed by atoms with Gasteiger partial charge in [-0.15, -0.1) is 0 Å². The number of rotatable bonds is 3. The second-order valence-corrected chi connectivity index (χ2v) is 4.53. The lowest BCUT2D eigenvalue weighted by Gasteiger charge is -2.36. The van der Waals surface area contributed by atoms with E-state index in [-0.39, 0.29) is 6.61 Å². The average molecular weight is 238 g/mol. The lowest BCUT2D eigenvalue weighted by molar-refractivity contribution is -0.0663. The highest BCUT2D eigenvalue weighted by Gasteiger charge is 2.35. The Balaban J connectivity index is 2.00. The molecule has 0 unspecified atom stereocenters. The summed E-state index contributed by atoms with van der Waals surface area (Å²) in [6, 6.07) is 6.88. The number of aliphatic hydroxyl groups is 1. The third-order valence-electron chi connectivity index (χ3n) is 2.85. The van der Waals surface area contributed by atoms with Gasteiger partial charge in [-0.3, -0.25) is 0 Å². The second kappa shape index (κ2) is 4.32. The molecule has 0 spiro atoms. The second-order valence-electron chi connectivity index (χ2n) is 4.12. The van der Waals surface area contributed by atoms with Gasteiger partial charge in [-0.25, -0.2) is 0 Å². The van der Waals surface area contributed by atoms with E-state index in [1.807, 2.05) is 6.07 Å². The summed E-state index contributed by atoms with van der Waals surface area (Å²) >= 11 is 5.86. The maximum absolute atomic E-state index is 9.83. The van der Waals surface area contributed by atoms with Gasteiger partial charge >= 0.3 is 0 Å². The van der Waals surface area contributed by atoms with E-state index < -0.39 is 5.60 Å². The van der Waals surface area contributed by atoms with Crippen LogP contribution < -0.4 is 4.74 Å². The zero-order chi connectivity index (χ0) is 11.6. The van der Waals surface area contributed by atoms with Crippen molar-refractivity contribution in [3.63, 3.8) is 0 Å². The molecule has 0 atom stereocenters. The van der Waals surface area contributed by atoms with Crippen LogP contribution in [0.4, 0.5) is 0 Å². The Morgan fingerprint density at radius 3 is 2.75 bits per heavy atom. The predicted molar refractivity (Wildman–Crippen MR) is 60.5 cm³/mol. The smallest absolute Gasteiger partial charge is 0.121 e. The van der Waals surface area contributed by atoms with E-state index in [1.165, 1.54) is 0 Å². The highest BCUT2D eigenvalue weighted by Crippen LogP contribution is 2.32. The number of benzene rings is 1. The molecule has 0 saturated heterocycles. The van der Waals surface area contributed by atoms with Crippen molar-refractivity contribution >= 4 is 11.6 Å². The third-order valence-corrected chi connectivity index (χ3v) is 3.17. The lowest BCUT2D eigenvalue weighted by Crippen LogP contribution is -2.42. The Hall–Kier alpha value is -1.24. The van der Waals surface area contributed by atoms with Crippen LogP contribution in [-0.4, -0.2) is 17.3 Å². The topological polar surface area (TPSA) is 53.2 Å². The SMILES string of the molecule is N#Cc1ccc(OCC2(O)CCC2)cc1Cl. The quantitative estimate of drug-likeness (QED) is 0.879. The molecule has 1 aromatic carbocycles. The summed E-state index contributed by atoms with van der Waals surface area (Å²) in [6.45, 7) is 0.287. The highest BCUT2D eigenvalue weighted by molar-refractivity contribution is 6.31. The van der Waals surface area contributed by atoms with Gasteiger partial charge in [-0.05, 0) is 31.4 Å². The van der Waals surface area contributed by atoms with Crippen molar-refractivity contribution in [3.05, 3.63) is 28.8 Å². The van der Waals surface area contributed by atoms with Crippen LogP contribution >= 0.6 is 11.6 Å². The number of hydrogen-bond donors (Lipinski definition) is 1. The molecule has 3 nitrogen and oxygen atoms in total. The molecule has 1 saturated carbocycles. The molecule has 0 radical (unpaired) electrons. The van der Waals surface area contributed by atoms with Crippen molar-refractivity contribution in [1.29, 1.82) is 5.26 Å². The maximum atomic E-state index is 9.83. The van der Waals surface area contributed by atoms with Crippen molar-refractivity contribution in [2.24, 2.45) is 0 Å². The van der Waals surface area contributed by atoms with Gasteiger partial charge < -0.3 is 9.84 Å². The number of hydrogen-bond acceptors (Lipinski definition) is 3. The minimum absolute atomic E-state index is 0.287. The molecule has 0 amide bonds. The molecule has 1 aliphatic carbocycles. The predicted octanol–water partition coefficient (Wildman–Crippen LogP) is 2.51. The van der Waals surface area contributed by atoms with Crippen LogP contribution in [0, 0.1) is 11.3 Å². The van der Waals surface area contributed by atoms with Gasteiger partial charge in [0.05, 0.1) is 16.2 Å². The van der Waals surface area contributed by atoms with Gasteiger partial charge in [0.1, 0.15) is 18.4 Å². The molecule has 16 heavy (non-hydrogen) atoms. The lowest BCUT2D eigenvalue weighted by atomic mass is 9.81. The first-order valence-corrected chi connectivity index (χ1v) is 5.56. The fraction of sp³-hybridized carbons (Fsp3) is 0.417. The monoisotopic (exact) mass is 237 g/mol. The molecular formula is C12H12ClNO2. The molecule has 0 aromatic heterocycles. The summed E-state index contributed by atoms with van der Waals surface area (Å²) in [4.78, 5) is 0. The summed E-state index contributed by atoms with van der Waals surface area (Å²) in [5.74, 6) is 0.587. The molecule has 1 aliphatic rings. The molecule has 1 fully saturated rings. The van der Waals surface area contributed by atoms with Crippen LogP contribution in [0.5, 0.6) is 5.75 Å². The summed E-state index contributed by atoms with van der Waals surface area (Å²) < 4.78 is 5.45. The standard InChI is InChI=1S/C12H12ClNO2/c13-11-6-10(3-2-9(11)7-14)16-8-12(15)4-1-5-12/h2-3,6,15H,1,4-5,8H2. The minimum Gasteiger partial charge on any atom is -0.491 e. The summed E-state index contributed by atoms with van der Waals surface area (Å²) in [5, 5.41) is 18.9. The van der Waals surface area contributed by atoms with Crippen molar-refractivity contribution in [1.82, 2.24) is 0 Å². The fourth-order valence-corrected chi connectivity index (χ4v) is 1.84. The van der Waals surface area contributed by atoms with E-state index in [9.17, 15) is 5.11 Å². The van der Waals surface area contributed by atoms with Crippen LogP contribution in [0.15, 0.2) is 18.2 Å². The molecule has 0 aliphatic heterocycles. The van der Waals surface area contributed by atoms with Crippen LogP contribution in [0.3, 0.4) is 0 Å². The first kappa shape index (κ1) is 11.3. The van der Waals surface area contributed by atoms with Crippen molar-refractivity contribution in [2.45, 2.75) is 24.9 Å². The van der Waals surface area contributed by atoms with Crippen molar-refractivity contribution in [3.8, 4) is 11.8 Å². The average Bonchev–Trinajstić information content (AvgIpc) is 2.24. The zero-order valence-electron chi connectivity index (χ0n) is 8.74. The van der Waals surface area contributed by atoms with Gasteiger partial charge in [0.2, 0.25) is 0 Å². The van der Waals surface area contributed by atoms with E-state index in [0.717, 1.165) is 19.3 Å². The van der Waals surface area contributed by atoms with Gasteiger partial charge in [-0.1, -0.05) is 11.6 Å². The molecule has 0 heterocycles. The zero-order valence-corrected chi connectivity index (χ0v) is 9.50. The van der Waals surface area contributed by atoms with Gasteiger partial charge in [0.15, 0.2) is 0 Å². The third kappa shape index (κ3) is 2.29. The Bertz CT molecular complexity index is 435. The Kier molecular flexibility index (Phi) is 3.04. The molecule has 1 aromatic rings. The summed E-state index contributed by atoms with van der Waals surface area (Å²) in [5.41, 5.74) is -0.239. The van der Waals surface area contributed by atoms with Crippen LogP contribution in [-0.2, 0) is 0 Å². The first-order valence-electron chi connectivity index (χ1n) is 5.18. The van der Waals surface area contributed by atoms with E-state index in [1.54, 1.807) is 18.2 Å². The Labute approximate surface area is 99.2 Å². The van der Waals surface area contributed by atoms with E-state index in [0.29, 0.717) is 16.3 Å². The van der Waals surface area contributed by atoms with Crippen LogP contribution in [0.2, 0.25) is 5.02 Å². The molecule has 4 heteroatoms. The largest absolute Gasteiger partial charge is 0.491 e. The molecule has 1 N–H and O–H groups in total. The Morgan fingerprint density at radius 1 is 1.50 bits per heavy atom. The van der Waals surface area contributed by atoms with E-state index in [4.69, 9.17) is 21.6 Å². The normalized spacial score (nSPS) is 17.3. The first-order chi connectivity index (χ1) is 7.63. The maximum Gasteiger partial charge on any atom is 0.121 e. The van der Waals surface area contributed by atoms with Crippen molar-refractivity contribution < 1.29 is 9.84 Å². The minimum atomic E-state index is -0.666. The van der Waals surface area contributed by atoms with Gasteiger partial charge in [-0.2, -0.15) is 5.26 Å². The fourth-order valence-electron chi connectivity index (χ4n) is 1.62. The molecule has 2 rings (SSSR count). The Morgan fingerprint density at radius 2 is 2.25 bits per heavy atom. The van der Waals surface area contributed by atoms with E-state index >= 15 is 0 Å². The number of nitrogens with zero attached hydrogens (tertiary/aromatic N) is 1. The number of halogens is 1. The molecule has 0 bridgehead atoms. The van der Waals surface area contributed by atoms with Crippen molar-refractivity contribution in [2.75, 3.05) is 6.61 Å². The molecule has 84 valence electrons. The van der Waals surface area contributed by atoms with Crippen LogP contribution in [0.1, 0.15) is 24.8 Å². The molecular weight excluding hydrogens is 226 g/mol. The number of ether oxygens (including phenoxy) is 1. The summed E-state index contributed by atoms with van der Waals surface area (Å²) in [6.07, 6.45) is 2.63. The number of nitriles is 1. The van der Waals surface area contributed by atoms with E-state index in [2.05, 4.69) is 0 Å². The van der Waals surface area contributed by atoms with Crippen LogP contribution in [0.25, 0.3) is 0 Å². The van der Waals surface area contributed by atoms with Gasteiger partial charge in [0.25, 0.3) is 0 Å².